The number of nitrogens with zero attached hydrogens (tertiary/aromatic N) is 5. The van der Waals surface area contributed by atoms with Crippen molar-refractivity contribution in [3.05, 3.63) is 64.3 Å². The lowest BCUT2D eigenvalue weighted by atomic mass is 9.99. The van der Waals surface area contributed by atoms with Gasteiger partial charge in [0.05, 0.1) is 29.3 Å². The summed E-state index contributed by atoms with van der Waals surface area (Å²) in [6.07, 6.45) is 1.33. The average molecular weight is 479 g/mol. The number of anilines is 1. The van der Waals surface area contributed by atoms with Gasteiger partial charge in [0, 0.05) is 17.0 Å². The van der Waals surface area contributed by atoms with Crippen molar-refractivity contribution in [1.29, 1.82) is 0 Å². The molecule has 1 saturated heterocycles. The summed E-state index contributed by atoms with van der Waals surface area (Å²) < 4.78 is 26.9. The number of hydrogen-bond donors (Lipinski definition) is 1. The first kappa shape index (κ1) is 22.3. The third-order valence-electron chi connectivity index (χ3n) is 6.16. The monoisotopic (exact) mass is 478 g/mol. The maximum absolute atomic E-state index is 13.3. The Kier molecular flexibility index (Phi) is 5.47. The number of aryl methyl sites for hydroxylation is 2. The van der Waals surface area contributed by atoms with E-state index in [1.54, 1.807) is 0 Å². The fraction of sp³-hybridized carbons (Fsp3) is 0.333. The number of nitrogens with two attached hydrogens (primary N) is 1. The van der Waals surface area contributed by atoms with Crippen molar-refractivity contribution >= 4 is 21.4 Å². The first-order chi connectivity index (χ1) is 16.2. The molecule has 1 aliphatic rings. The number of sulfone groups is 1. The first-order valence-electron chi connectivity index (χ1n) is 11.2. The van der Waals surface area contributed by atoms with Gasteiger partial charge in [-0.2, -0.15) is 0 Å². The lowest BCUT2D eigenvalue weighted by Gasteiger charge is -2.21. The molecule has 2 N–H and O–H groups in total. The van der Waals surface area contributed by atoms with E-state index in [0.717, 1.165) is 28.9 Å². The van der Waals surface area contributed by atoms with Crippen molar-refractivity contribution in [2.24, 2.45) is 5.92 Å². The highest BCUT2D eigenvalue weighted by atomic mass is 32.2. The number of hydrogen-bond acceptors (Lipinski definition) is 7. The predicted molar refractivity (Wildman–Crippen MR) is 131 cm³/mol. The Morgan fingerprint density at radius 2 is 1.76 bits per heavy atom. The summed E-state index contributed by atoms with van der Waals surface area (Å²) in [5.74, 6) is 0.128. The van der Waals surface area contributed by atoms with Gasteiger partial charge < -0.3 is 5.73 Å². The standard InChI is InChI=1S/C24H26N6O3S/c1-15-11-19(12-16(2)26-15)20-21(18-8-4-3-5-9-18)27-23(25)30-22(20)28-29(24(30)31)13-17-7-6-10-34(32,33)14-17/h3-5,8-9,11-12,17H,6-7,10,13-14H2,1-2H3,(H2,25,27). The van der Waals surface area contributed by atoms with E-state index in [0.29, 0.717) is 23.3 Å². The predicted octanol–water partition coefficient (Wildman–Crippen LogP) is 2.64. The van der Waals surface area contributed by atoms with Crippen LogP contribution in [0.5, 0.6) is 0 Å². The topological polar surface area (TPSA) is 125 Å². The van der Waals surface area contributed by atoms with Crippen LogP contribution in [-0.4, -0.2) is 44.1 Å². The molecule has 1 aliphatic heterocycles. The second-order valence-electron chi connectivity index (χ2n) is 8.94. The van der Waals surface area contributed by atoms with E-state index in [1.165, 1.54) is 9.08 Å². The molecule has 1 unspecified atom stereocenters. The Labute approximate surface area is 197 Å². The number of benzene rings is 1. The summed E-state index contributed by atoms with van der Waals surface area (Å²) in [6.45, 7) is 4.04. The van der Waals surface area contributed by atoms with Crippen LogP contribution in [0, 0.1) is 19.8 Å². The van der Waals surface area contributed by atoms with Crippen LogP contribution in [0.25, 0.3) is 28.0 Å². The zero-order valence-electron chi connectivity index (χ0n) is 19.1. The van der Waals surface area contributed by atoms with Gasteiger partial charge in [-0.1, -0.05) is 30.3 Å². The van der Waals surface area contributed by atoms with Crippen LogP contribution in [0.3, 0.4) is 0 Å². The van der Waals surface area contributed by atoms with Gasteiger partial charge in [0.15, 0.2) is 15.5 Å². The van der Waals surface area contributed by atoms with Gasteiger partial charge >= 0.3 is 5.69 Å². The molecule has 1 fully saturated rings. The van der Waals surface area contributed by atoms with E-state index in [1.807, 2.05) is 56.3 Å². The lowest BCUT2D eigenvalue weighted by Crippen LogP contribution is -2.32. The van der Waals surface area contributed by atoms with Crippen LogP contribution in [-0.2, 0) is 16.4 Å². The molecule has 1 aromatic carbocycles. The van der Waals surface area contributed by atoms with E-state index in [-0.39, 0.29) is 29.9 Å². The summed E-state index contributed by atoms with van der Waals surface area (Å²) in [6, 6.07) is 13.5. The largest absolute Gasteiger partial charge is 0.369 e. The third kappa shape index (κ3) is 4.09. The average Bonchev–Trinajstić information content (AvgIpc) is 3.09. The van der Waals surface area contributed by atoms with Crippen LogP contribution < -0.4 is 11.4 Å². The van der Waals surface area contributed by atoms with Crippen molar-refractivity contribution in [1.82, 2.24) is 24.1 Å². The molecule has 0 amide bonds. The molecule has 4 aromatic rings. The molecular formula is C24H26N6O3S. The minimum Gasteiger partial charge on any atom is -0.369 e. The molecule has 3 aromatic heterocycles. The van der Waals surface area contributed by atoms with Crippen molar-refractivity contribution in [3.8, 4) is 22.4 Å². The number of nitrogen functional groups attached to an aromatic ring is 1. The van der Waals surface area contributed by atoms with Gasteiger partial charge in [-0.05, 0) is 50.3 Å². The molecule has 0 radical (unpaired) electrons. The van der Waals surface area contributed by atoms with Crippen LogP contribution in [0.1, 0.15) is 24.2 Å². The Bertz CT molecular complexity index is 1540. The molecule has 5 rings (SSSR count). The second-order valence-corrected chi connectivity index (χ2v) is 11.2. The highest BCUT2D eigenvalue weighted by Crippen LogP contribution is 2.35. The molecule has 4 heterocycles. The molecule has 0 aliphatic carbocycles. The summed E-state index contributed by atoms with van der Waals surface area (Å²) in [5, 5.41) is 4.67. The minimum absolute atomic E-state index is 0.0348. The van der Waals surface area contributed by atoms with Crippen molar-refractivity contribution in [2.45, 2.75) is 33.2 Å². The van der Waals surface area contributed by atoms with E-state index in [2.05, 4.69) is 15.1 Å². The van der Waals surface area contributed by atoms with Gasteiger partial charge in [0.25, 0.3) is 0 Å². The van der Waals surface area contributed by atoms with Gasteiger partial charge in [-0.25, -0.2) is 27.3 Å². The van der Waals surface area contributed by atoms with E-state index < -0.39 is 15.5 Å². The molecule has 0 saturated carbocycles. The molecule has 1 atom stereocenters. The van der Waals surface area contributed by atoms with Crippen molar-refractivity contribution in [2.75, 3.05) is 17.2 Å². The minimum atomic E-state index is -3.10. The number of aromatic nitrogens is 5. The Balaban J connectivity index is 1.75. The quantitative estimate of drug-likeness (QED) is 0.478. The Morgan fingerprint density at radius 1 is 1.06 bits per heavy atom. The van der Waals surface area contributed by atoms with Gasteiger partial charge in [-0.3, -0.25) is 4.98 Å². The zero-order chi connectivity index (χ0) is 24.0. The van der Waals surface area contributed by atoms with Gasteiger partial charge in [-0.15, -0.1) is 5.10 Å². The summed E-state index contributed by atoms with van der Waals surface area (Å²) in [4.78, 5) is 22.4. The SMILES string of the molecule is Cc1cc(-c2c(-c3ccccc3)nc(N)n3c(=O)n(CC4CCCS(=O)(=O)C4)nc23)cc(C)n1. The third-order valence-corrected chi connectivity index (χ3v) is 8.05. The number of rotatable bonds is 4. The van der Waals surface area contributed by atoms with Crippen molar-refractivity contribution < 1.29 is 8.42 Å². The fourth-order valence-corrected chi connectivity index (χ4v) is 6.54. The van der Waals surface area contributed by atoms with E-state index in [4.69, 9.17) is 5.73 Å². The maximum Gasteiger partial charge on any atom is 0.353 e. The molecule has 34 heavy (non-hydrogen) atoms. The molecular weight excluding hydrogens is 452 g/mol. The summed E-state index contributed by atoms with van der Waals surface area (Å²) in [7, 11) is -3.10. The van der Waals surface area contributed by atoms with Crippen LogP contribution in [0.2, 0.25) is 0 Å². The Hall–Kier alpha value is -3.53. The second kappa shape index (κ2) is 8.35. The molecule has 0 spiro atoms. The summed E-state index contributed by atoms with van der Waals surface area (Å²) in [5.41, 5.74) is 10.9. The van der Waals surface area contributed by atoms with Crippen LogP contribution in [0.4, 0.5) is 5.95 Å². The molecule has 176 valence electrons. The normalized spacial score (nSPS) is 17.8. The van der Waals surface area contributed by atoms with Gasteiger partial charge in [0.2, 0.25) is 5.95 Å². The maximum atomic E-state index is 13.3. The molecule has 0 bridgehead atoms. The zero-order valence-corrected chi connectivity index (χ0v) is 19.9. The molecule has 9 nitrogen and oxygen atoms in total. The Morgan fingerprint density at radius 3 is 2.44 bits per heavy atom. The van der Waals surface area contributed by atoms with E-state index in [9.17, 15) is 13.2 Å². The number of pyridine rings is 1. The highest BCUT2D eigenvalue weighted by Gasteiger charge is 2.27. The molecule has 10 heteroatoms. The van der Waals surface area contributed by atoms with Gasteiger partial charge in [0.1, 0.15) is 0 Å². The van der Waals surface area contributed by atoms with Crippen molar-refractivity contribution in [3.63, 3.8) is 0 Å². The highest BCUT2D eigenvalue weighted by molar-refractivity contribution is 7.91. The van der Waals surface area contributed by atoms with Crippen LogP contribution >= 0.6 is 0 Å². The lowest BCUT2D eigenvalue weighted by molar-refractivity contribution is 0.399. The fourth-order valence-electron chi connectivity index (χ4n) is 4.78. The smallest absolute Gasteiger partial charge is 0.353 e. The first-order valence-corrected chi connectivity index (χ1v) is 13.0. The van der Waals surface area contributed by atoms with E-state index >= 15 is 0 Å². The summed E-state index contributed by atoms with van der Waals surface area (Å²) >= 11 is 0. The number of fused-ring (bicyclic) bond motifs is 1. The van der Waals surface area contributed by atoms with Crippen LogP contribution in [0.15, 0.2) is 47.3 Å².